The monoisotopic (exact) mass is 890 g/mol. The first-order valence-electron chi connectivity index (χ1n) is 20.8. The molecule has 6 N–H and O–H groups in total. The molecule has 2 unspecified atom stereocenters. The van der Waals surface area contributed by atoms with Gasteiger partial charge in [0, 0.05) is 70.8 Å². The lowest BCUT2D eigenvalue weighted by molar-refractivity contribution is -0.128. The van der Waals surface area contributed by atoms with Crippen LogP contribution in [0.5, 0.6) is 0 Å². The van der Waals surface area contributed by atoms with Crippen LogP contribution in [0.15, 0.2) is 83.2 Å². The zero-order valence-corrected chi connectivity index (χ0v) is 37.1. The molecule has 2 aliphatic heterocycles. The number of amides is 2. The van der Waals surface area contributed by atoms with Gasteiger partial charge >= 0.3 is 0 Å². The molecule has 2 saturated heterocycles. The number of imidazole rings is 1. The normalized spacial score (nSPS) is 16.0. The predicted octanol–water partition coefficient (Wildman–Crippen LogP) is 4.19. The van der Waals surface area contributed by atoms with Crippen LogP contribution in [0.3, 0.4) is 0 Å². The van der Waals surface area contributed by atoms with E-state index in [2.05, 4.69) is 44.5 Å². The number of rotatable bonds is 15. The van der Waals surface area contributed by atoms with Crippen molar-refractivity contribution in [3.8, 4) is 24.3 Å². The molecule has 0 spiro atoms. The molecular formula is C46H46N14O2S2. The molecule has 0 saturated carbocycles. The summed E-state index contributed by atoms with van der Waals surface area (Å²) >= 11 is 1.64. The van der Waals surface area contributed by atoms with Crippen LogP contribution in [0.1, 0.15) is 64.0 Å². The van der Waals surface area contributed by atoms with Gasteiger partial charge in [-0.2, -0.15) is 21.0 Å². The van der Waals surface area contributed by atoms with Crippen LogP contribution in [-0.2, 0) is 38.5 Å². The number of H-pyrrole nitrogens is 1. The Morgan fingerprint density at radius 1 is 0.672 bits per heavy atom. The van der Waals surface area contributed by atoms with Gasteiger partial charge in [0.05, 0.1) is 28.6 Å². The summed E-state index contributed by atoms with van der Waals surface area (Å²) in [5.41, 5.74) is 16.4. The molecule has 2 fully saturated rings. The Kier molecular flexibility index (Phi) is 13.8. The SMILES string of the molecule is CCc1c(C#N)c(SC(C(N)=O)(c2ccccc2)C(Sc2nc(N3CCN(Cc4cnc[nH]4)CC3)c(C#N)c(CC)c2C#N)(C(N)=O)c2ccccc2)nc(N2CCNCC2)c1C#N. The first-order valence-corrected chi connectivity index (χ1v) is 22.5. The number of hydrogen-bond donors (Lipinski definition) is 4. The van der Waals surface area contributed by atoms with E-state index in [1.807, 2.05) is 23.6 Å². The average molecular weight is 891 g/mol. The molecule has 2 atom stereocenters. The Hall–Kier alpha value is -6.93. The lowest BCUT2D eigenvalue weighted by Gasteiger charge is -2.46. The maximum atomic E-state index is 15.1. The Bertz CT molecular complexity index is 2690. The first kappa shape index (κ1) is 45.1. The number of thioether (sulfide) groups is 2. The summed E-state index contributed by atoms with van der Waals surface area (Å²) in [5.74, 6) is -1.31. The first-order chi connectivity index (χ1) is 31.1. The zero-order valence-electron chi connectivity index (χ0n) is 35.5. The van der Waals surface area contributed by atoms with Crippen molar-refractivity contribution in [1.82, 2.24) is 30.2 Å². The molecule has 18 heteroatoms. The summed E-state index contributed by atoms with van der Waals surface area (Å²) in [7, 11) is 0. The molecule has 3 aromatic heterocycles. The van der Waals surface area contributed by atoms with Crippen molar-refractivity contribution in [2.24, 2.45) is 11.5 Å². The summed E-state index contributed by atoms with van der Waals surface area (Å²) in [6, 6.07) is 26.1. The minimum absolute atomic E-state index is 0.0483. The number of primary amides is 2. The Labute approximate surface area is 380 Å². The van der Waals surface area contributed by atoms with Crippen LogP contribution in [0.25, 0.3) is 0 Å². The number of anilines is 2. The van der Waals surface area contributed by atoms with Crippen molar-refractivity contribution in [3.63, 3.8) is 0 Å². The smallest absolute Gasteiger partial charge is 0.240 e. The van der Waals surface area contributed by atoms with Gasteiger partial charge in [-0.25, -0.2) is 15.0 Å². The van der Waals surface area contributed by atoms with E-state index in [0.29, 0.717) is 81.7 Å². The molecule has 0 aliphatic carbocycles. The van der Waals surface area contributed by atoms with Gasteiger partial charge in [-0.05, 0) is 35.1 Å². The lowest BCUT2D eigenvalue weighted by atomic mass is 9.78. The van der Waals surface area contributed by atoms with Gasteiger partial charge in [0.1, 0.15) is 46.0 Å². The number of nitrogens with two attached hydrogens (primary N) is 2. The largest absolute Gasteiger partial charge is 0.368 e. The van der Waals surface area contributed by atoms with Crippen LogP contribution in [-0.4, -0.2) is 89.0 Å². The molecule has 5 heterocycles. The number of carbonyl (C=O) groups excluding carboxylic acids is 2. The molecule has 7 rings (SSSR count). The highest BCUT2D eigenvalue weighted by Gasteiger charge is 2.64. The number of nitrogens with one attached hydrogen (secondary N) is 2. The van der Waals surface area contributed by atoms with E-state index >= 15 is 9.59 Å². The molecule has 2 aliphatic rings. The summed E-state index contributed by atoms with van der Waals surface area (Å²) < 4.78 is -4.45. The van der Waals surface area contributed by atoms with Crippen molar-refractivity contribution < 1.29 is 9.59 Å². The molecule has 2 amide bonds. The second kappa shape index (κ2) is 19.6. The van der Waals surface area contributed by atoms with E-state index in [-0.39, 0.29) is 56.3 Å². The molecule has 16 nitrogen and oxygen atoms in total. The van der Waals surface area contributed by atoms with Gasteiger partial charge < -0.3 is 31.6 Å². The summed E-state index contributed by atoms with van der Waals surface area (Å²) in [5, 5.41) is 46.6. The minimum Gasteiger partial charge on any atom is -0.368 e. The van der Waals surface area contributed by atoms with E-state index in [4.69, 9.17) is 21.4 Å². The van der Waals surface area contributed by atoms with E-state index in [1.54, 1.807) is 73.2 Å². The van der Waals surface area contributed by atoms with Gasteiger partial charge in [-0.1, -0.05) is 98.0 Å². The maximum absolute atomic E-state index is 15.1. The van der Waals surface area contributed by atoms with Crippen molar-refractivity contribution >= 4 is 47.0 Å². The molecule has 0 bridgehead atoms. The third-order valence-electron chi connectivity index (χ3n) is 11.7. The molecule has 64 heavy (non-hydrogen) atoms. The maximum Gasteiger partial charge on any atom is 0.240 e. The average Bonchev–Trinajstić information content (AvgIpc) is 3.85. The number of piperazine rings is 2. The third kappa shape index (κ3) is 8.09. The number of carbonyl (C=O) groups is 2. The third-order valence-corrected chi connectivity index (χ3v) is 14.9. The Morgan fingerprint density at radius 3 is 1.48 bits per heavy atom. The fourth-order valence-electron chi connectivity index (χ4n) is 8.61. The van der Waals surface area contributed by atoms with Gasteiger partial charge in [-0.3, -0.25) is 14.5 Å². The highest BCUT2D eigenvalue weighted by molar-refractivity contribution is 8.05. The van der Waals surface area contributed by atoms with Crippen LogP contribution >= 0.6 is 23.5 Å². The van der Waals surface area contributed by atoms with Crippen molar-refractivity contribution in [2.45, 2.75) is 52.8 Å². The number of aromatic nitrogens is 4. The lowest BCUT2D eigenvalue weighted by Crippen LogP contribution is -2.59. The fraction of sp³-hybridized carbons (Fsp3) is 0.326. The van der Waals surface area contributed by atoms with Crippen LogP contribution in [0.4, 0.5) is 11.6 Å². The van der Waals surface area contributed by atoms with Gasteiger partial charge in [0.25, 0.3) is 0 Å². The topological polar surface area (TPSA) is 258 Å². The highest BCUT2D eigenvalue weighted by Crippen LogP contribution is 2.62. The number of nitriles is 4. The summed E-state index contributed by atoms with van der Waals surface area (Å²) in [6.45, 7) is 8.89. The number of nitrogens with zero attached hydrogens (tertiary/aromatic N) is 10. The number of benzene rings is 2. The quantitative estimate of drug-likeness (QED) is 0.108. The second-order valence-corrected chi connectivity index (χ2v) is 17.6. The van der Waals surface area contributed by atoms with Crippen molar-refractivity contribution in [1.29, 1.82) is 21.0 Å². The van der Waals surface area contributed by atoms with Gasteiger partial charge in [0.15, 0.2) is 9.49 Å². The highest BCUT2D eigenvalue weighted by atomic mass is 32.2. The molecule has 5 aromatic rings. The van der Waals surface area contributed by atoms with Gasteiger partial charge in [0.2, 0.25) is 11.8 Å². The Balaban J connectivity index is 1.50. The predicted molar refractivity (Wildman–Crippen MR) is 244 cm³/mol. The van der Waals surface area contributed by atoms with E-state index < -0.39 is 21.3 Å². The second-order valence-electron chi connectivity index (χ2n) is 15.2. The van der Waals surface area contributed by atoms with E-state index in [1.165, 1.54) is 0 Å². The number of hydrogen-bond acceptors (Lipinski definition) is 15. The van der Waals surface area contributed by atoms with E-state index in [0.717, 1.165) is 29.2 Å². The molecular weight excluding hydrogens is 845 g/mol. The van der Waals surface area contributed by atoms with Crippen LogP contribution < -0.4 is 26.6 Å². The van der Waals surface area contributed by atoms with Crippen molar-refractivity contribution in [3.05, 3.63) is 123 Å². The molecule has 0 radical (unpaired) electrons. The molecule has 324 valence electrons. The zero-order chi connectivity index (χ0) is 45.4. The number of pyridine rings is 2. The van der Waals surface area contributed by atoms with Gasteiger partial charge in [-0.15, -0.1) is 0 Å². The Morgan fingerprint density at radius 2 is 1.11 bits per heavy atom. The fourth-order valence-corrected chi connectivity index (χ4v) is 11.7. The van der Waals surface area contributed by atoms with Crippen LogP contribution in [0.2, 0.25) is 0 Å². The minimum atomic E-state index is -2.23. The molecule has 2 aromatic carbocycles. The van der Waals surface area contributed by atoms with E-state index in [9.17, 15) is 21.0 Å². The summed E-state index contributed by atoms with van der Waals surface area (Å²) in [4.78, 5) is 53.8. The standard InChI is InChI=1S/C46H46N14O2S2/c1-3-33-35(23-47)39(59-17-15-53-16-18-59)56-41(37(33)25-49)63-45(43(51)61,30-11-7-5-8-12-30)46(44(52)62,31-13-9-6-10-14-31)64-42-38(26-50)34(4-2)36(24-48)40(57-42)60-21-19-58(20-22-60)28-32-27-54-29-55-32/h5-14,27,29,53H,3-4,15-22,28H2,1-2H3,(H2,51,61)(H2,52,62)(H,54,55). The number of aromatic amines is 1. The summed E-state index contributed by atoms with van der Waals surface area (Å²) in [6.07, 6.45) is 3.97. The van der Waals surface area contributed by atoms with Crippen molar-refractivity contribution in [2.75, 3.05) is 62.2 Å². The van der Waals surface area contributed by atoms with Crippen LogP contribution in [0, 0.1) is 45.3 Å².